The maximum absolute atomic E-state index is 13.6. The molecule has 22 heavy (non-hydrogen) atoms. The molecule has 2 N–H and O–H groups in total. The minimum atomic E-state index is -3.88. The van der Waals surface area contributed by atoms with E-state index in [1.807, 2.05) is 6.92 Å². The second-order valence-electron chi connectivity index (χ2n) is 5.59. The molecular formula is C13H18Cl3FN2O2S. The van der Waals surface area contributed by atoms with E-state index in [-0.39, 0.29) is 34.3 Å². The van der Waals surface area contributed by atoms with Gasteiger partial charge in [-0.15, -0.1) is 12.4 Å². The first-order valence-electron chi connectivity index (χ1n) is 6.59. The van der Waals surface area contributed by atoms with Gasteiger partial charge in [0.1, 0.15) is 4.90 Å². The Balaban J connectivity index is 0.00000242. The predicted octanol–water partition coefficient (Wildman–Crippen LogP) is 3.22. The lowest BCUT2D eigenvalue weighted by molar-refractivity contribution is 0.238. The zero-order chi connectivity index (χ0) is 15.7. The first-order chi connectivity index (χ1) is 9.75. The molecule has 0 amide bonds. The quantitative estimate of drug-likeness (QED) is 0.775. The number of nitrogens with one attached hydrogen (secondary N) is 2. The lowest BCUT2D eigenvalue weighted by atomic mass is 9.83. The highest BCUT2D eigenvalue weighted by Gasteiger charge is 2.30. The van der Waals surface area contributed by atoms with Crippen molar-refractivity contribution < 1.29 is 12.8 Å². The van der Waals surface area contributed by atoms with Crippen LogP contribution in [0.5, 0.6) is 0 Å². The number of rotatable bonds is 4. The second-order valence-corrected chi connectivity index (χ2v) is 8.11. The summed E-state index contributed by atoms with van der Waals surface area (Å²) in [5, 5.41) is 2.55. The summed E-state index contributed by atoms with van der Waals surface area (Å²) < 4.78 is 40.7. The Bertz CT molecular complexity index is 634. The summed E-state index contributed by atoms with van der Waals surface area (Å²) in [5.41, 5.74) is -0.164. The van der Waals surface area contributed by atoms with Crippen molar-refractivity contribution in [3.8, 4) is 0 Å². The van der Waals surface area contributed by atoms with Crippen LogP contribution in [0, 0.1) is 11.2 Å². The van der Waals surface area contributed by atoms with Crippen molar-refractivity contribution in [2.45, 2.75) is 24.7 Å². The van der Waals surface area contributed by atoms with Crippen LogP contribution in [0.25, 0.3) is 0 Å². The fraction of sp³-hybridized carbons (Fsp3) is 0.538. The molecule has 1 heterocycles. The Hall–Kier alpha value is -0.110. The SMILES string of the molecule is CC1(CNS(=O)(=O)c2ccc(Cl)c(F)c2Cl)CCCNC1.Cl. The smallest absolute Gasteiger partial charge is 0.242 e. The van der Waals surface area contributed by atoms with Crippen LogP contribution in [-0.4, -0.2) is 28.1 Å². The van der Waals surface area contributed by atoms with Crippen LogP contribution >= 0.6 is 35.6 Å². The van der Waals surface area contributed by atoms with Crippen molar-refractivity contribution in [3.05, 3.63) is 28.0 Å². The van der Waals surface area contributed by atoms with Gasteiger partial charge >= 0.3 is 0 Å². The third-order valence-corrected chi connectivity index (χ3v) is 5.88. The van der Waals surface area contributed by atoms with Crippen molar-refractivity contribution >= 4 is 45.6 Å². The van der Waals surface area contributed by atoms with Crippen LogP contribution < -0.4 is 10.0 Å². The number of sulfonamides is 1. The van der Waals surface area contributed by atoms with Crippen molar-refractivity contribution in [1.82, 2.24) is 10.0 Å². The summed E-state index contributed by atoms with van der Waals surface area (Å²) in [6.07, 6.45) is 1.92. The van der Waals surface area contributed by atoms with Crippen LogP contribution in [0.2, 0.25) is 10.0 Å². The molecule has 0 saturated carbocycles. The lowest BCUT2D eigenvalue weighted by Crippen LogP contribution is -2.45. The summed E-state index contributed by atoms with van der Waals surface area (Å²) in [5.74, 6) is -0.924. The molecule has 1 unspecified atom stereocenters. The van der Waals surface area contributed by atoms with Crippen LogP contribution in [0.3, 0.4) is 0 Å². The molecule has 1 atom stereocenters. The van der Waals surface area contributed by atoms with Crippen molar-refractivity contribution in [3.63, 3.8) is 0 Å². The summed E-state index contributed by atoms with van der Waals surface area (Å²) >= 11 is 11.3. The number of piperidine rings is 1. The number of hydrogen-bond acceptors (Lipinski definition) is 3. The molecule has 0 bridgehead atoms. The van der Waals surface area contributed by atoms with E-state index >= 15 is 0 Å². The van der Waals surface area contributed by atoms with Crippen molar-refractivity contribution in [1.29, 1.82) is 0 Å². The maximum Gasteiger partial charge on any atom is 0.242 e. The second kappa shape index (κ2) is 7.64. The molecule has 1 aliphatic rings. The minimum absolute atomic E-state index is 0. The fourth-order valence-corrected chi connectivity index (χ4v) is 4.27. The number of halogens is 4. The predicted molar refractivity (Wildman–Crippen MR) is 89.1 cm³/mol. The van der Waals surface area contributed by atoms with Crippen molar-refractivity contribution in [2.75, 3.05) is 19.6 Å². The molecule has 1 fully saturated rings. The summed E-state index contributed by atoms with van der Waals surface area (Å²) in [7, 11) is -3.88. The maximum atomic E-state index is 13.6. The van der Waals surface area contributed by atoms with Crippen LogP contribution in [0.1, 0.15) is 19.8 Å². The topological polar surface area (TPSA) is 58.2 Å². The highest BCUT2D eigenvalue weighted by Crippen LogP contribution is 2.30. The third kappa shape index (κ3) is 4.46. The van der Waals surface area contributed by atoms with Gasteiger partial charge in [0.15, 0.2) is 5.82 Å². The van der Waals surface area contributed by atoms with Crippen LogP contribution in [0.4, 0.5) is 4.39 Å². The van der Waals surface area contributed by atoms with Gasteiger partial charge in [0.25, 0.3) is 0 Å². The highest BCUT2D eigenvalue weighted by molar-refractivity contribution is 7.89. The molecule has 126 valence electrons. The van der Waals surface area contributed by atoms with E-state index in [2.05, 4.69) is 10.0 Å². The van der Waals surface area contributed by atoms with E-state index in [1.54, 1.807) is 0 Å². The number of benzene rings is 1. The first kappa shape index (κ1) is 19.9. The number of hydrogen-bond donors (Lipinski definition) is 2. The molecular weight excluding hydrogens is 374 g/mol. The molecule has 1 saturated heterocycles. The Morgan fingerprint density at radius 3 is 2.68 bits per heavy atom. The van der Waals surface area contributed by atoms with E-state index in [0.717, 1.165) is 25.9 Å². The zero-order valence-electron chi connectivity index (χ0n) is 12.0. The third-order valence-electron chi connectivity index (χ3n) is 3.66. The average Bonchev–Trinajstić information content (AvgIpc) is 2.44. The van der Waals surface area contributed by atoms with Gasteiger partial charge in [-0.05, 0) is 36.9 Å². The Labute approximate surface area is 146 Å². The molecule has 1 aromatic rings. The van der Waals surface area contributed by atoms with E-state index in [4.69, 9.17) is 23.2 Å². The van der Waals surface area contributed by atoms with E-state index in [1.165, 1.54) is 12.1 Å². The van der Waals surface area contributed by atoms with Gasteiger partial charge in [-0.1, -0.05) is 30.1 Å². The average molecular weight is 392 g/mol. The van der Waals surface area contributed by atoms with Gasteiger partial charge in [-0.25, -0.2) is 17.5 Å². The highest BCUT2D eigenvalue weighted by atomic mass is 35.5. The monoisotopic (exact) mass is 390 g/mol. The standard InChI is InChI=1S/C13H17Cl2FN2O2S.ClH/c1-13(5-2-6-17-7-13)8-18-21(19,20)10-4-3-9(14)12(16)11(10)15;/h3-4,17-18H,2,5-8H2,1H3;1H. The van der Waals surface area contributed by atoms with E-state index < -0.39 is 20.9 Å². The summed E-state index contributed by atoms with van der Waals surface area (Å²) in [6.45, 7) is 3.95. The van der Waals surface area contributed by atoms with Gasteiger partial charge in [0.2, 0.25) is 10.0 Å². The summed E-state index contributed by atoms with van der Waals surface area (Å²) in [6, 6.07) is 2.39. The zero-order valence-corrected chi connectivity index (χ0v) is 15.1. The molecule has 4 nitrogen and oxygen atoms in total. The lowest BCUT2D eigenvalue weighted by Gasteiger charge is -2.34. The van der Waals surface area contributed by atoms with Gasteiger partial charge in [-0.2, -0.15) is 0 Å². The molecule has 0 spiro atoms. The molecule has 1 aliphatic heterocycles. The van der Waals surface area contributed by atoms with Gasteiger partial charge in [-0.3, -0.25) is 0 Å². The first-order valence-corrected chi connectivity index (χ1v) is 8.83. The van der Waals surface area contributed by atoms with E-state index in [0.29, 0.717) is 0 Å². The van der Waals surface area contributed by atoms with Gasteiger partial charge in [0, 0.05) is 13.1 Å². The Kier molecular flexibility index (Phi) is 6.92. The Morgan fingerprint density at radius 1 is 1.41 bits per heavy atom. The van der Waals surface area contributed by atoms with Crippen molar-refractivity contribution in [2.24, 2.45) is 5.41 Å². The molecule has 0 aliphatic carbocycles. The molecule has 0 radical (unpaired) electrons. The molecule has 0 aromatic heterocycles. The van der Waals surface area contributed by atoms with Gasteiger partial charge in [0.05, 0.1) is 10.0 Å². The van der Waals surface area contributed by atoms with E-state index in [9.17, 15) is 12.8 Å². The normalized spacial score (nSPS) is 22.2. The summed E-state index contributed by atoms with van der Waals surface area (Å²) in [4.78, 5) is -0.293. The van der Waals surface area contributed by atoms with Crippen LogP contribution in [0.15, 0.2) is 17.0 Å². The molecule has 2 rings (SSSR count). The fourth-order valence-electron chi connectivity index (χ4n) is 2.33. The Morgan fingerprint density at radius 2 is 2.09 bits per heavy atom. The van der Waals surface area contributed by atoms with Crippen LogP contribution in [-0.2, 0) is 10.0 Å². The largest absolute Gasteiger partial charge is 0.316 e. The molecule has 9 heteroatoms. The molecule has 1 aromatic carbocycles. The van der Waals surface area contributed by atoms with Gasteiger partial charge < -0.3 is 5.32 Å². The minimum Gasteiger partial charge on any atom is -0.316 e.